The first-order chi connectivity index (χ1) is 10.3. The van der Waals surface area contributed by atoms with Crippen molar-refractivity contribution in [2.75, 3.05) is 18.0 Å². The second kappa shape index (κ2) is 5.11. The molecular formula is C17H20N4. The molecule has 0 fully saturated rings. The number of hydrogen-bond donors (Lipinski definition) is 1. The molecule has 4 heteroatoms. The molecule has 1 aromatic heterocycles. The number of aromatic nitrogens is 2. The number of nitrogens with zero attached hydrogens (tertiary/aromatic N) is 3. The first-order valence-electron chi connectivity index (χ1n) is 7.73. The van der Waals surface area contributed by atoms with E-state index in [-0.39, 0.29) is 0 Å². The molecule has 2 aromatic rings. The van der Waals surface area contributed by atoms with Gasteiger partial charge in [0.25, 0.3) is 0 Å². The Morgan fingerprint density at radius 1 is 1.19 bits per heavy atom. The third-order valence-corrected chi connectivity index (χ3v) is 4.46. The van der Waals surface area contributed by atoms with Crippen molar-refractivity contribution >= 4 is 11.5 Å². The molecule has 0 amide bonds. The predicted octanol–water partition coefficient (Wildman–Crippen LogP) is 2.52. The van der Waals surface area contributed by atoms with Crippen molar-refractivity contribution < 1.29 is 0 Å². The normalized spacial score (nSPS) is 17.3. The topological polar surface area (TPSA) is 41.1 Å². The van der Waals surface area contributed by atoms with Crippen molar-refractivity contribution in [2.45, 2.75) is 32.7 Å². The van der Waals surface area contributed by atoms with Crippen LogP contribution in [0.5, 0.6) is 0 Å². The van der Waals surface area contributed by atoms with E-state index in [4.69, 9.17) is 0 Å². The zero-order chi connectivity index (χ0) is 14.2. The van der Waals surface area contributed by atoms with E-state index in [0.717, 1.165) is 31.9 Å². The lowest BCUT2D eigenvalue weighted by Crippen LogP contribution is -2.31. The van der Waals surface area contributed by atoms with E-state index in [0.29, 0.717) is 0 Å². The molecule has 0 bridgehead atoms. The van der Waals surface area contributed by atoms with Crippen LogP contribution < -0.4 is 10.2 Å². The van der Waals surface area contributed by atoms with E-state index >= 15 is 0 Å². The third kappa shape index (κ3) is 2.20. The number of benzene rings is 1. The summed E-state index contributed by atoms with van der Waals surface area (Å²) in [7, 11) is 0. The van der Waals surface area contributed by atoms with Crippen LogP contribution >= 0.6 is 0 Å². The van der Waals surface area contributed by atoms with E-state index in [2.05, 4.69) is 45.3 Å². The van der Waals surface area contributed by atoms with Crippen LogP contribution in [0, 0.1) is 6.92 Å². The lowest BCUT2D eigenvalue weighted by Gasteiger charge is -2.33. The molecule has 0 saturated heterocycles. The Morgan fingerprint density at radius 3 is 3.10 bits per heavy atom. The predicted molar refractivity (Wildman–Crippen MR) is 83.9 cm³/mol. The average Bonchev–Trinajstić information content (AvgIpc) is 2.53. The Labute approximate surface area is 125 Å². The molecule has 3 heterocycles. The van der Waals surface area contributed by atoms with Crippen LogP contribution in [0.15, 0.2) is 24.5 Å². The fraction of sp³-hybridized carbons (Fsp3) is 0.412. The Morgan fingerprint density at radius 2 is 2.14 bits per heavy atom. The largest absolute Gasteiger partial charge is 0.326 e. The summed E-state index contributed by atoms with van der Waals surface area (Å²) in [5.74, 6) is 1.09. The van der Waals surface area contributed by atoms with Crippen LogP contribution in [0.4, 0.5) is 11.5 Å². The Bertz CT molecular complexity index is 680. The molecule has 1 aromatic carbocycles. The summed E-state index contributed by atoms with van der Waals surface area (Å²) in [6.07, 6.45) is 5.07. The lowest BCUT2D eigenvalue weighted by molar-refractivity contribution is 0.622. The minimum atomic E-state index is 0.878. The van der Waals surface area contributed by atoms with Gasteiger partial charge >= 0.3 is 0 Å². The Balaban J connectivity index is 1.82. The fourth-order valence-electron chi connectivity index (χ4n) is 3.43. The quantitative estimate of drug-likeness (QED) is 0.871. The lowest BCUT2D eigenvalue weighted by atomic mass is 9.98. The van der Waals surface area contributed by atoms with Crippen LogP contribution in [0.1, 0.15) is 28.8 Å². The summed E-state index contributed by atoms with van der Waals surface area (Å²) < 4.78 is 0. The molecule has 0 spiro atoms. The van der Waals surface area contributed by atoms with E-state index in [1.807, 2.05) is 0 Å². The summed E-state index contributed by atoms with van der Waals surface area (Å²) in [4.78, 5) is 11.5. The van der Waals surface area contributed by atoms with Crippen molar-refractivity contribution in [3.05, 3.63) is 46.9 Å². The molecule has 2 aliphatic heterocycles. The second-order valence-electron chi connectivity index (χ2n) is 5.94. The van der Waals surface area contributed by atoms with Gasteiger partial charge in [-0.25, -0.2) is 9.97 Å². The number of fused-ring (bicyclic) bond motifs is 2. The van der Waals surface area contributed by atoms with Gasteiger partial charge in [-0.2, -0.15) is 0 Å². The van der Waals surface area contributed by atoms with Crippen molar-refractivity contribution in [1.29, 1.82) is 0 Å². The Kier molecular flexibility index (Phi) is 3.11. The molecule has 1 N–H and O–H groups in total. The van der Waals surface area contributed by atoms with Crippen LogP contribution in [-0.4, -0.2) is 23.1 Å². The maximum atomic E-state index is 4.61. The molecule has 0 aliphatic carbocycles. The minimum Gasteiger partial charge on any atom is -0.326 e. The second-order valence-corrected chi connectivity index (χ2v) is 5.94. The summed E-state index contributed by atoms with van der Waals surface area (Å²) in [5, 5.41) is 3.45. The van der Waals surface area contributed by atoms with Gasteiger partial charge in [-0.3, -0.25) is 0 Å². The Hall–Kier alpha value is -1.94. The van der Waals surface area contributed by atoms with Gasteiger partial charge in [0.1, 0.15) is 12.1 Å². The molecule has 0 unspecified atom stereocenters. The van der Waals surface area contributed by atoms with E-state index in [1.54, 1.807) is 6.33 Å². The number of nitrogens with one attached hydrogen (secondary N) is 1. The van der Waals surface area contributed by atoms with Crippen molar-refractivity contribution in [2.24, 2.45) is 0 Å². The molecule has 4 nitrogen and oxygen atoms in total. The van der Waals surface area contributed by atoms with Gasteiger partial charge in [0.15, 0.2) is 0 Å². The van der Waals surface area contributed by atoms with E-state index < -0.39 is 0 Å². The molecule has 0 atom stereocenters. The van der Waals surface area contributed by atoms with Gasteiger partial charge in [0.2, 0.25) is 0 Å². The minimum absolute atomic E-state index is 0.878. The average molecular weight is 280 g/mol. The van der Waals surface area contributed by atoms with Gasteiger partial charge in [0.05, 0.1) is 5.69 Å². The molecule has 21 heavy (non-hydrogen) atoms. The van der Waals surface area contributed by atoms with Gasteiger partial charge in [-0.1, -0.05) is 17.7 Å². The first kappa shape index (κ1) is 12.8. The smallest absolute Gasteiger partial charge is 0.141 e. The number of aryl methyl sites for hydroxylation is 2. The van der Waals surface area contributed by atoms with Crippen LogP contribution in [0.2, 0.25) is 0 Å². The maximum absolute atomic E-state index is 4.61. The molecule has 0 saturated carbocycles. The number of anilines is 2. The van der Waals surface area contributed by atoms with Gasteiger partial charge in [-0.15, -0.1) is 0 Å². The van der Waals surface area contributed by atoms with Gasteiger partial charge in [-0.05, 0) is 31.4 Å². The summed E-state index contributed by atoms with van der Waals surface area (Å²) in [6.45, 7) is 5.09. The van der Waals surface area contributed by atoms with E-state index in [1.165, 1.54) is 40.9 Å². The summed E-state index contributed by atoms with van der Waals surface area (Å²) >= 11 is 0. The van der Waals surface area contributed by atoms with Crippen molar-refractivity contribution in [3.8, 4) is 0 Å². The van der Waals surface area contributed by atoms with Gasteiger partial charge in [0, 0.05) is 37.3 Å². The van der Waals surface area contributed by atoms with Gasteiger partial charge < -0.3 is 10.2 Å². The van der Waals surface area contributed by atoms with Crippen molar-refractivity contribution in [3.63, 3.8) is 0 Å². The zero-order valence-electron chi connectivity index (χ0n) is 12.4. The third-order valence-electron chi connectivity index (χ3n) is 4.46. The zero-order valence-corrected chi connectivity index (χ0v) is 12.4. The van der Waals surface area contributed by atoms with Crippen LogP contribution in [0.3, 0.4) is 0 Å². The SMILES string of the molecule is Cc1ccc2c(c1)CCCN2c1ncnc2c1CNCC2. The highest BCUT2D eigenvalue weighted by atomic mass is 15.2. The molecule has 0 radical (unpaired) electrons. The monoisotopic (exact) mass is 280 g/mol. The maximum Gasteiger partial charge on any atom is 0.141 e. The fourth-order valence-corrected chi connectivity index (χ4v) is 3.43. The molecule has 108 valence electrons. The van der Waals surface area contributed by atoms with Crippen LogP contribution in [0.25, 0.3) is 0 Å². The van der Waals surface area contributed by atoms with E-state index in [9.17, 15) is 0 Å². The standard InChI is InChI=1S/C17H20N4/c1-12-4-5-16-13(9-12)3-2-8-21(16)17-14-10-18-7-6-15(14)19-11-20-17/h4-5,9,11,18H,2-3,6-8,10H2,1H3. The number of hydrogen-bond acceptors (Lipinski definition) is 4. The summed E-state index contributed by atoms with van der Waals surface area (Å²) in [6, 6.07) is 6.75. The highest BCUT2D eigenvalue weighted by Crippen LogP contribution is 2.35. The van der Waals surface area contributed by atoms with Crippen molar-refractivity contribution in [1.82, 2.24) is 15.3 Å². The molecular weight excluding hydrogens is 260 g/mol. The highest BCUT2D eigenvalue weighted by Gasteiger charge is 2.24. The first-order valence-corrected chi connectivity index (χ1v) is 7.73. The number of rotatable bonds is 1. The molecule has 2 aliphatic rings. The summed E-state index contributed by atoms with van der Waals surface area (Å²) in [5.41, 5.74) is 6.58. The molecule has 4 rings (SSSR count). The van der Waals surface area contributed by atoms with Crippen LogP contribution in [-0.2, 0) is 19.4 Å². The highest BCUT2D eigenvalue weighted by molar-refractivity contribution is 5.68.